The van der Waals surface area contributed by atoms with E-state index in [1.807, 2.05) is 45.0 Å². The minimum Gasteiger partial charge on any atom is -0.454 e. The molecule has 2 atom stereocenters. The van der Waals surface area contributed by atoms with Crippen molar-refractivity contribution >= 4 is 27.5 Å². The van der Waals surface area contributed by atoms with E-state index in [4.69, 9.17) is 9.47 Å². The minimum absolute atomic E-state index is 0.0469. The topological polar surface area (TPSA) is 105 Å². The molecule has 0 fully saturated rings. The molecule has 1 aliphatic rings. The zero-order chi connectivity index (χ0) is 26.5. The summed E-state index contributed by atoms with van der Waals surface area (Å²) in [5, 5.41) is 2.92. The van der Waals surface area contributed by atoms with Crippen LogP contribution in [0.5, 0.6) is 11.5 Å². The lowest BCUT2D eigenvalue weighted by Gasteiger charge is -2.32. The Morgan fingerprint density at radius 2 is 1.75 bits per heavy atom. The molecule has 36 heavy (non-hydrogen) atoms. The highest BCUT2D eigenvalue weighted by molar-refractivity contribution is 7.92. The van der Waals surface area contributed by atoms with E-state index in [-0.39, 0.29) is 31.0 Å². The number of hydrogen-bond acceptors (Lipinski definition) is 6. The maximum Gasteiger partial charge on any atom is 0.244 e. The fraction of sp³-hybridized carbons (Fsp3) is 0.462. The van der Waals surface area contributed by atoms with Crippen molar-refractivity contribution in [3.63, 3.8) is 0 Å². The summed E-state index contributed by atoms with van der Waals surface area (Å²) in [5.74, 6) is -0.0555. The number of ether oxygens (including phenoxy) is 2. The number of aryl methyl sites for hydroxylation is 1. The highest BCUT2D eigenvalue weighted by Crippen LogP contribution is 2.36. The first-order valence-electron chi connectivity index (χ1n) is 12.1. The van der Waals surface area contributed by atoms with Gasteiger partial charge in [0, 0.05) is 18.7 Å². The van der Waals surface area contributed by atoms with Crippen molar-refractivity contribution in [2.75, 3.05) is 23.4 Å². The van der Waals surface area contributed by atoms with Gasteiger partial charge in [0.1, 0.15) is 12.6 Å². The molecule has 0 aromatic heterocycles. The van der Waals surface area contributed by atoms with Crippen LogP contribution >= 0.6 is 0 Å². The highest BCUT2D eigenvalue weighted by Gasteiger charge is 2.32. The van der Waals surface area contributed by atoms with Gasteiger partial charge in [-0.15, -0.1) is 0 Å². The molecule has 0 radical (unpaired) electrons. The van der Waals surface area contributed by atoms with Crippen LogP contribution in [0.1, 0.15) is 45.2 Å². The molecule has 1 heterocycles. The van der Waals surface area contributed by atoms with Crippen LogP contribution in [0.25, 0.3) is 0 Å². The van der Waals surface area contributed by atoms with Crippen molar-refractivity contribution in [2.45, 2.75) is 59.7 Å². The van der Waals surface area contributed by atoms with Gasteiger partial charge in [0.2, 0.25) is 28.6 Å². The molecule has 10 heteroatoms. The van der Waals surface area contributed by atoms with Crippen LogP contribution in [0.3, 0.4) is 0 Å². The lowest BCUT2D eigenvalue weighted by molar-refractivity contribution is -0.139. The van der Waals surface area contributed by atoms with Crippen LogP contribution in [0.15, 0.2) is 42.5 Å². The Hall–Kier alpha value is -3.27. The van der Waals surface area contributed by atoms with E-state index in [9.17, 15) is 18.0 Å². The van der Waals surface area contributed by atoms with E-state index in [0.29, 0.717) is 17.2 Å². The molecule has 2 amide bonds. The standard InChI is InChI=1S/C26H35N3O6S/c1-6-19(4)27-26(31)20(5)28(15-21-11-9-8-10-18(21)3)25(30)16-29(36(32,33)7-2)22-12-13-23-24(14-22)35-17-34-23/h8-14,19-20H,6-7,15-17H2,1-5H3,(H,27,31). The molecule has 3 rings (SSSR count). The third-order valence-electron chi connectivity index (χ3n) is 6.39. The zero-order valence-corrected chi connectivity index (χ0v) is 22.3. The fourth-order valence-electron chi connectivity index (χ4n) is 3.78. The second kappa shape index (κ2) is 11.6. The van der Waals surface area contributed by atoms with E-state index >= 15 is 0 Å². The molecule has 196 valence electrons. The molecule has 0 spiro atoms. The Kier molecular flexibility index (Phi) is 8.84. The van der Waals surface area contributed by atoms with Crippen molar-refractivity contribution in [1.82, 2.24) is 10.2 Å². The number of nitrogens with one attached hydrogen (secondary N) is 1. The van der Waals surface area contributed by atoms with Crippen LogP contribution in [0.2, 0.25) is 0 Å². The smallest absolute Gasteiger partial charge is 0.244 e. The van der Waals surface area contributed by atoms with Gasteiger partial charge in [0.05, 0.1) is 11.4 Å². The van der Waals surface area contributed by atoms with Crippen molar-refractivity contribution in [1.29, 1.82) is 0 Å². The number of anilines is 1. The minimum atomic E-state index is -3.82. The lowest BCUT2D eigenvalue weighted by atomic mass is 10.1. The molecule has 0 saturated carbocycles. The first-order valence-corrected chi connectivity index (χ1v) is 13.7. The first kappa shape index (κ1) is 27.3. The Morgan fingerprint density at radius 3 is 2.42 bits per heavy atom. The summed E-state index contributed by atoms with van der Waals surface area (Å²) in [6, 6.07) is 11.5. The molecule has 0 aliphatic carbocycles. The third-order valence-corrected chi connectivity index (χ3v) is 8.13. The molecule has 1 N–H and O–H groups in total. The molecule has 2 aromatic carbocycles. The summed E-state index contributed by atoms with van der Waals surface area (Å²) in [6.45, 7) is 8.73. The van der Waals surface area contributed by atoms with Gasteiger partial charge in [0.15, 0.2) is 11.5 Å². The molecule has 2 aromatic rings. The monoisotopic (exact) mass is 517 g/mol. The van der Waals surface area contributed by atoms with Crippen LogP contribution in [-0.4, -0.2) is 56.3 Å². The third kappa shape index (κ3) is 6.29. The number of benzene rings is 2. The SMILES string of the molecule is CCC(C)NC(=O)C(C)N(Cc1ccccc1C)C(=O)CN(c1ccc2c(c1)OCO2)S(=O)(=O)CC. The molecule has 0 bridgehead atoms. The predicted octanol–water partition coefficient (Wildman–Crippen LogP) is 3.21. The largest absolute Gasteiger partial charge is 0.454 e. The highest BCUT2D eigenvalue weighted by atomic mass is 32.2. The molecule has 1 aliphatic heterocycles. The van der Waals surface area contributed by atoms with Gasteiger partial charge >= 0.3 is 0 Å². The van der Waals surface area contributed by atoms with Crippen LogP contribution in [0, 0.1) is 6.92 Å². The lowest BCUT2D eigenvalue weighted by Crippen LogP contribution is -2.52. The van der Waals surface area contributed by atoms with Crippen LogP contribution in [-0.2, 0) is 26.2 Å². The summed E-state index contributed by atoms with van der Waals surface area (Å²) in [7, 11) is -3.82. The summed E-state index contributed by atoms with van der Waals surface area (Å²) < 4.78 is 37.9. The molecular weight excluding hydrogens is 482 g/mol. The second-order valence-corrected chi connectivity index (χ2v) is 11.1. The van der Waals surface area contributed by atoms with E-state index in [0.717, 1.165) is 21.9 Å². The maximum absolute atomic E-state index is 13.7. The van der Waals surface area contributed by atoms with Crippen molar-refractivity contribution in [2.24, 2.45) is 0 Å². The molecule has 2 unspecified atom stereocenters. The first-order chi connectivity index (χ1) is 17.1. The quantitative estimate of drug-likeness (QED) is 0.491. The number of fused-ring (bicyclic) bond motifs is 1. The zero-order valence-electron chi connectivity index (χ0n) is 21.5. The summed E-state index contributed by atoms with van der Waals surface area (Å²) in [6.07, 6.45) is 0.747. The summed E-state index contributed by atoms with van der Waals surface area (Å²) in [4.78, 5) is 28.2. The van der Waals surface area contributed by atoms with Gasteiger partial charge < -0.3 is 19.7 Å². The number of carbonyl (C=O) groups is 2. The van der Waals surface area contributed by atoms with Gasteiger partial charge in [0.25, 0.3) is 0 Å². The Labute approximate surface area is 213 Å². The fourth-order valence-corrected chi connectivity index (χ4v) is 4.83. The number of amides is 2. The van der Waals surface area contributed by atoms with E-state index in [2.05, 4.69) is 5.32 Å². The van der Waals surface area contributed by atoms with Crippen molar-refractivity contribution in [3.05, 3.63) is 53.6 Å². The Bertz CT molecular complexity index is 1200. The molecular formula is C26H35N3O6S. The van der Waals surface area contributed by atoms with Crippen LogP contribution in [0.4, 0.5) is 5.69 Å². The van der Waals surface area contributed by atoms with Crippen molar-refractivity contribution < 1.29 is 27.5 Å². The average molecular weight is 518 g/mol. The predicted molar refractivity (Wildman–Crippen MR) is 138 cm³/mol. The van der Waals surface area contributed by atoms with Gasteiger partial charge in [-0.3, -0.25) is 13.9 Å². The van der Waals surface area contributed by atoms with Crippen molar-refractivity contribution in [3.8, 4) is 11.5 Å². The summed E-state index contributed by atoms with van der Waals surface area (Å²) in [5.41, 5.74) is 2.14. The maximum atomic E-state index is 13.7. The molecule has 0 saturated heterocycles. The average Bonchev–Trinajstić information content (AvgIpc) is 3.34. The van der Waals surface area contributed by atoms with Gasteiger partial charge in [-0.25, -0.2) is 8.42 Å². The number of carbonyl (C=O) groups excluding carboxylic acids is 2. The molecule has 9 nitrogen and oxygen atoms in total. The van der Waals surface area contributed by atoms with E-state index < -0.39 is 28.5 Å². The summed E-state index contributed by atoms with van der Waals surface area (Å²) >= 11 is 0. The number of rotatable bonds is 11. The Balaban J connectivity index is 1.95. The number of hydrogen-bond donors (Lipinski definition) is 1. The van der Waals surface area contributed by atoms with Gasteiger partial charge in [-0.05, 0) is 57.4 Å². The Morgan fingerprint density at radius 1 is 1.06 bits per heavy atom. The second-order valence-electron chi connectivity index (χ2n) is 8.89. The van der Waals surface area contributed by atoms with Gasteiger partial charge in [-0.1, -0.05) is 31.2 Å². The number of sulfonamides is 1. The number of nitrogens with zero attached hydrogens (tertiary/aromatic N) is 2. The van der Waals surface area contributed by atoms with Gasteiger partial charge in [-0.2, -0.15) is 0 Å². The van der Waals surface area contributed by atoms with E-state index in [1.165, 1.54) is 11.8 Å². The van der Waals surface area contributed by atoms with Crippen LogP contribution < -0.4 is 19.1 Å². The normalized spacial score (nSPS) is 14.1. The van der Waals surface area contributed by atoms with E-state index in [1.54, 1.807) is 25.1 Å².